The van der Waals surface area contributed by atoms with Gasteiger partial charge in [0.2, 0.25) is 0 Å². The minimum absolute atomic E-state index is 0. The van der Waals surface area contributed by atoms with Crippen LogP contribution < -0.4 is 33.7 Å². The van der Waals surface area contributed by atoms with Gasteiger partial charge in [-0.3, -0.25) is 0 Å². The average molecular weight is 433 g/mol. The summed E-state index contributed by atoms with van der Waals surface area (Å²) in [5, 5.41) is 30.6. The molecule has 0 radical (unpaired) electrons. The summed E-state index contributed by atoms with van der Waals surface area (Å²) in [6, 6.07) is 16.1. The normalized spacial score (nSPS) is 11.2. The summed E-state index contributed by atoms with van der Waals surface area (Å²) in [6.45, 7) is 0. The summed E-state index contributed by atoms with van der Waals surface area (Å²) in [4.78, 5) is 11.4. The van der Waals surface area contributed by atoms with Gasteiger partial charge in [-0.1, -0.05) is 36.4 Å². The van der Waals surface area contributed by atoms with E-state index in [0.717, 1.165) is 0 Å². The van der Waals surface area contributed by atoms with Crippen LogP contribution in [0.1, 0.15) is 10.4 Å². The van der Waals surface area contributed by atoms with Crippen LogP contribution in [-0.4, -0.2) is 29.7 Å². The van der Waals surface area contributed by atoms with E-state index >= 15 is 0 Å². The Morgan fingerprint density at radius 3 is 2.13 bits per heavy atom. The van der Waals surface area contributed by atoms with Gasteiger partial charge in [0.1, 0.15) is 10.5 Å². The molecule has 9 heteroatoms. The fourth-order valence-corrected chi connectivity index (χ4v) is 4.07. The number of carbonyl (C=O) groups is 1. The molecule has 0 heterocycles. The number of aromatic carboxylic acids is 1. The first kappa shape index (κ1) is 21.9. The van der Waals surface area contributed by atoms with Crippen molar-refractivity contribution in [3.05, 3.63) is 72.3 Å². The Labute approximate surface area is 193 Å². The Bertz CT molecular complexity index is 1400. The van der Waals surface area contributed by atoms with E-state index in [0.29, 0.717) is 21.5 Å². The van der Waals surface area contributed by atoms with Gasteiger partial charge in [0.05, 0.1) is 0 Å². The molecule has 3 N–H and O–H groups in total. The fraction of sp³-hybridized carbons (Fsp3) is 0. The van der Waals surface area contributed by atoms with Crippen LogP contribution in [0.5, 0.6) is 17.2 Å². The zero-order chi connectivity index (χ0) is 20.8. The Kier molecular flexibility index (Phi) is 5.96. The number of hydrogen-bond donors (Lipinski definition) is 3. The SMILES string of the molecule is O=C(O)c1ccc2ccccc2c1OS(=O)(=O)c1ccc2cc(O)c(O)cc2c1.[Na+]. The van der Waals surface area contributed by atoms with Crippen LogP contribution in [0, 0.1) is 0 Å². The van der Waals surface area contributed by atoms with Crippen LogP contribution in [0.25, 0.3) is 21.5 Å². The van der Waals surface area contributed by atoms with E-state index in [4.69, 9.17) is 4.18 Å². The molecule has 7 nitrogen and oxygen atoms in total. The number of carboxylic acid groups (broad SMARTS) is 1. The van der Waals surface area contributed by atoms with Crippen LogP contribution in [-0.2, 0) is 10.1 Å². The molecule has 0 saturated carbocycles. The zero-order valence-electron chi connectivity index (χ0n) is 15.7. The molecule has 4 rings (SSSR count). The summed E-state index contributed by atoms with van der Waals surface area (Å²) in [5.41, 5.74) is -0.282. The Morgan fingerprint density at radius 2 is 1.43 bits per heavy atom. The third kappa shape index (κ3) is 3.95. The number of benzene rings is 4. The van der Waals surface area contributed by atoms with E-state index < -0.39 is 21.8 Å². The minimum Gasteiger partial charge on any atom is -0.504 e. The van der Waals surface area contributed by atoms with Crippen LogP contribution in [0.4, 0.5) is 0 Å². The zero-order valence-corrected chi connectivity index (χ0v) is 18.6. The number of aromatic hydroxyl groups is 2. The molecule has 0 fully saturated rings. The van der Waals surface area contributed by atoms with Crippen molar-refractivity contribution in [1.29, 1.82) is 0 Å². The average Bonchev–Trinajstić information content (AvgIpc) is 2.68. The van der Waals surface area contributed by atoms with E-state index in [1.807, 2.05) is 0 Å². The number of phenolic OH excluding ortho intramolecular Hbond substituents is 2. The van der Waals surface area contributed by atoms with Crippen molar-refractivity contribution in [2.24, 2.45) is 0 Å². The fourth-order valence-electron chi connectivity index (χ4n) is 3.07. The maximum atomic E-state index is 12.9. The first-order chi connectivity index (χ1) is 13.8. The van der Waals surface area contributed by atoms with Gasteiger partial charge in [-0.25, -0.2) is 4.79 Å². The Balaban J connectivity index is 0.00000256. The van der Waals surface area contributed by atoms with Crippen molar-refractivity contribution in [1.82, 2.24) is 0 Å². The minimum atomic E-state index is -4.38. The molecular formula is C21H14NaO7S+. The van der Waals surface area contributed by atoms with Crippen LogP contribution in [0.3, 0.4) is 0 Å². The maximum Gasteiger partial charge on any atom is 1.00 e. The Morgan fingerprint density at radius 1 is 0.800 bits per heavy atom. The number of rotatable bonds is 4. The molecule has 0 spiro atoms. The molecule has 0 aliphatic carbocycles. The predicted octanol–water partition coefficient (Wildman–Crippen LogP) is 0.874. The number of carboxylic acids is 1. The first-order valence-electron chi connectivity index (χ1n) is 8.41. The van der Waals surface area contributed by atoms with Gasteiger partial charge in [-0.2, -0.15) is 8.42 Å². The topological polar surface area (TPSA) is 121 Å². The van der Waals surface area contributed by atoms with E-state index in [1.165, 1.54) is 36.4 Å². The van der Waals surface area contributed by atoms with E-state index in [2.05, 4.69) is 0 Å². The summed E-state index contributed by atoms with van der Waals surface area (Å²) < 4.78 is 31.1. The van der Waals surface area contributed by atoms with E-state index in [1.54, 1.807) is 30.3 Å². The molecule has 0 aliphatic rings. The summed E-state index contributed by atoms with van der Waals surface area (Å²) in [5.74, 6) is -2.31. The number of fused-ring (bicyclic) bond motifs is 2. The van der Waals surface area contributed by atoms with Gasteiger partial charge in [-0.05, 0) is 46.5 Å². The third-order valence-corrected chi connectivity index (χ3v) is 5.71. The van der Waals surface area contributed by atoms with Gasteiger partial charge < -0.3 is 19.5 Å². The van der Waals surface area contributed by atoms with E-state index in [9.17, 15) is 28.5 Å². The van der Waals surface area contributed by atoms with Crippen molar-refractivity contribution in [2.75, 3.05) is 0 Å². The van der Waals surface area contributed by atoms with Crippen molar-refractivity contribution in [2.45, 2.75) is 4.90 Å². The van der Waals surface area contributed by atoms with E-state index in [-0.39, 0.29) is 51.5 Å². The molecule has 0 bridgehead atoms. The molecule has 146 valence electrons. The molecule has 0 aliphatic heterocycles. The summed E-state index contributed by atoms with van der Waals surface area (Å²) in [7, 11) is -4.38. The molecule has 4 aromatic rings. The standard InChI is InChI=1S/C21H14O7S.Na/c22-18-10-13-5-7-15(9-14(13)11-19(18)23)29(26,27)28-20-16-4-2-1-3-12(16)6-8-17(20)21(24)25;/h1-11,22-23H,(H,24,25);/q;+1. The molecule has 0 atom stereocenters. The summed E-state index contributed by atoms with van der Waals surface area (Å²) in [6.07, 6.45) is 0. The molecule has 4 aromatic carbocycles. The van der Waals surface area contributed by atoms with Gasteiger partial charge in [0, 0.05) is 5.39 Å². The Hall–Kier alpha value is -2.78. The number of phenols is 2. The van der Waals surface area contributed by atoms with Crippen molar-refractivity contribution >= 4 is 37.6 Å². The van der Waals surface area contributed by atoms with Gasteiger partial charge in [-0.15, -0.1) is 0 Å². The molecule has 0 saturated heterocycles. The smallest absolute Gasteiger partial charge is 0.504 e. The van der Waals surface area contributed by atoms with Crippen molar-refractivity contribution in [3.63, 3.8) is 0 Å². The molecular weight excluding hydrogens is 419 g/mol. The molecule has 0 unspecified atom stereocenters. The second kappa shape index (κ2) is 8.16. The third-order valence-electron chi connectivity index (χ3n) is 4.50. The van der Waals surface area contributed by atoms with Crippen LogP contribution in [0.2, 0.25) is 0 Å². The quantitative estimate of drug-likeness (QED) is 0.248. The monoisotopic (exact) mass is 433 g/mol. The largest absolute Gasteiger partial charge is 1.00 e. The van der Waals surface area contributed by atoms with Gasteiger partial charge >= 0.3 is 45.6 Å². The number of hydrogen-bond acceptors (Lipinski definition) is 6. The van der Waals surface area contributed by atoms with Gasteiger partial charge in [0.15, 0.2) is 17.2 Å². The molecule has 0 aromatic heterocycles. The van der Waals surface area contributed by atoms with Crippen molar-refractivity contribution in [3.8, 4) is 17.2 Å². The van der Waals surface area contributed by atoms with Gasteiger partial charge in [0.25, 0.3) is 0 Å². The van der Waals surface area contributed by atoms with Crippen molar-refractivity contribution < 1.29 is 62.3 Å². The maximum absolute atomic E-state index is 12.9. The predicted molar refractivity (Wildman–Crippen MR) is 106 cm³/mol. The summed E-state index contributed by atoms with van der Waals surface area (Å²) >= 11 is 0. The van der Waals surface area contributed by atoms with Crippen LogP contribution >= 0.6 is 0 Å². The first-order valence-corrected chi connectivity index (χ1v) is 9.82. The second-order valence-electron chi connectivity index (χ2n) is 6.36. The second-order valence-corrected chi connectivity index (χ2v) is 7.90. The van der Waals surface area contributed by atoms with Crippen LogP contribution in [0.15, 0.2) is 71.6 Å². The molecule has 0 amide bonds. The molecule has 30 heavy (non-hydrogen) atoms.